The number of nitrogens with two attached hydrogens (primary N) is 1. The van der Waals surface area contributed by atoms with Gasteiger partial charge in [0.25, 0.3) is 0 Å². The summed E-state index contributed by atoms with van der Waals surface area (Å²) >= 11 is 1.87. The van der Waals surface area contributed by atoms with Crippen LogP contribution < -0.4 is 11.1 Å². The van der Waals surface area contributed by atoms with Crippen molar-refractivity contribution in [2.45, 2.75) is 26.2 Å². The van der Waals surface area contributed by atoms with E-state index < -0.39 is 0 Å². The van der Waals surface area contributed by atoms with E-state index in [2.05, 4.69) is 89.3 Å². The molecule has 2 atom stereocenters. The molecule has 0 radical (unpaired) electrons. The SMILES string of the molecule is C=NC(NC(N)c1ccccc1)c1ccccc1.CC.Cn1c2ccccc2c2cc(-c3ccccc3)sc21. The summed E-state index contributed by atoms with van der Waals surface area (Å²) in [5.41, 5.74) is 10.8. The summed E-state index contributed by atoms with van der Waals surface area (Å²) in [7, 11) is 2.15. The maximum Gasteiger partial charge on any atom is 0.126 e. The first kappa shape index (κ1) is 28.0. The third-order valence-electron chi connectivity index (χ3n) is 6.42. The highest BCUT2D eigenvalue weighted by atomic mass is 32.1. The minimum absolute atomic E-state index is 0.193. The van der Waals surface area contributed by atoms with Gasteiger partial charge in [-0.15, -0.1) is 11.3 Å². The Morgan fingerprint density at radius 1 is 0.744 bits per heavy atom. The molecule has 198 valence electrons. The molecule has 0 aliphatic carbocycles. The highest BCUT2D eigenvalue weighted by Crippen LogP contribution is 2.38. The van der Waals surface area contributed by atoms with E-state index in [9.17, 15) is 0 Å². The summed E-state index contributed by atoms with van der Waals surface area (Å²) < 4.78 is 2.29. The quantitative estimate of drug-likeness (QED) is 0.166. The maximum atomic E-state index is 6.11. The molecular formula is C34H36N4S. The molecule has 2 heterocycles. The Morgan fingerprint density at radius 2 is 1.28 bits per heavy atom. The highest BCUT2D eigenvalue weighted by molar-refractivity contribution is 7.22. The number of aromatic nitrogens is 1. The largest absolute Gasteiger partial charge is 0.335 e. The van der Waals surface area contributed by atoms with Crippen LogP contribution in [0.25, 0.3) is 31.6 Å². The zero-order valence-electron chi connectivity index (χ0n) is 22.8. The fourth-order valence-corrected chi connectivity index (χ4v) is 5.64. The molecule has 6 rings (SSSR count). The summed E-state index contributed by atoms with van der Waals surface area (Å²) in [5.74, 6) is 0. The summed E-state index contributed by atoms with van der Waals surface area (Å²) in [6, 6.07) is 41.3. The highest BCUT2D eigenvalue weighted by Gasteiger charge is 2.13. The van der Waals surface area contributed by atoms with Crippen molar-refractivity contribution in [3.8, 4) is 10.4 Å². The summed E-state index contributed by atoms with van der Waals surface area (Å²) in [4.78, 5) is 6.77. The zero-order valence-corrected chi connectivity index (χ0v) is 23.6. The summed E-state index contributed by atoms with van der Waals surface area (Å²) in [5, 5.41) is 5.96. The predicted octanol–water partition coefficient (Wildman–Crippen LogP) is 8.72. The van der Waals surface area contributed by atoms with Gasteiger partial charge in [-0.2, -0.15) is 0 Å². The smallest absolute Gasteiger partial charge is 0.126 e. The van der Waals surface area contributed by atoms with Gasteiger partial charge in [0.1, 0.15) is 11.0 Å². The molecule has 0 spiro atoms. The van der Waals surface area contributed by atoms with Crippen LogP contribution in [0, 0.1) is 0 Å². The van der Waals surface area contributed by atoms with E-state index in [0.717, 1.165) is 11.1 Å². The van der Waals surface area contributed by atoms with Crippen molar-refractivity contribution in [3.05, 3.63) is 132 Å². The van der Waals surface area contributed by atoms with Gasteiger partial charge in [0.2, 0.25) is 0 Å². The van der Waals surface area contributed by atoms with Gasteiger partial charge < -0.3 is 10.3 Å². The molecule has 0 aliphatic rings. The van der Waals surface area contributed by atoms with Crippen LogP contribution in [0.5, 0.6) is 0 Å². The second-order valence-corrected chi connectivity index (χ2v) is 9.85. The van der Waals surface area contributed by atoms with Crippen LogP contribution in [0.1, 0.15) is 37.3 Å². The minimum Gasteiger partial charge on any atom is -0.335 e. The zero-order chi connectivity index (χ0) is 27.6. The molecule has 2 aromatic heterocycles. The molecule has 0 saturated carbocycles. The monoisotopic (exact) mass is 532 g/mol. The number of hydrogen-bond donors (Lipinski definition) is 2. The van der Waals surface area contributed by atoms with Crippen molar-refractivity contribution in [1.29, 1.82) is 0 Å². The van der Waals surface area contributed by atoms with Gasteiger partial charge in [0.05, 0.1) is 6.17 Å². The third-order valence-corrected chi connectivity index (χ3v) is 7.69. The average Bonchev–Trinajstić information content (AvgIpc) is 3.57. The number of nitrogens with one attached hydrogen (secondary N) is 1. The molecule has 0 saturated heterocycles. The lowest BCUT2D eigenvalue weighted by atomic mass is 10.1. The number of aryl methyl sites for hydroxylation is 1. The van der Waals surface area contributed by atoms with E-state index in [4.69, 9.17) is 5.73 Å². The molecule has 4 aromatic carbocycles. The van der Waals surface area contributed by atoms with Crippen molar-refractivity contribution >= 4 is 39.2 Å². The maximum absolute atomic E-state index is 6.11. The predicted molar refractivity (Wildman–Crippen MR) is 170 cm³/mol. The molecule has 0 fully saturated rings. The van der Waals surface area contributed by atoms with Gasteiger partial charge >= 0.3 is 0 Å². The van der Waals surface area contributed by atoms with Crippen LogP contribution >= 0.6 is 11.3 Å². The number of thiophene rings is 1. The first-order valence-corrected chi connectivity index (χ1v) is 14.1. The molecule has 39 heavy (non-hydrogen) atoms. The number of aliphatic imine (C=N–C) groups is 1. The van der Waals surface area contributed by atoms with Crippen molar-refractivity contribution in [1.82, 2.24) is 9.88 Å². The van der Waals surface area contributed by atoms with E-state index in [0.29, 0.717) is 0 Å². The molecule has 5 heteroatoms. The molecule has 0 aliphatic heterocycles. The van der Waals surface area contributed by atoms with Crippen molar-refractivity contribution < 1.29 is 0 Å². The Morgan fingerprint density at radius 3 is 1.90 bits per heavy atom. The van der Waals surface area contributed by atoms with Crippen LogP contribution in [0.4, 0.5) is 0 Å². The molecule has 2 unspecified atom stereocenters. The number of benzene rings is 4. The van der Waals surface area contributed by atoms with Crippen LogP contribution in [0.2, 0.25) is 0 Å². The molecule has 6 aromatic rings. The van der Waals surface area contributed by atoms with Crippen LogP contribution in [-0.2, 0) is 7.05 Å². The van der Waals surface area contributed by atoms with Gasteiger partial charge in [-0.25, -0.2) is 0 Å². The molecular weight excluding hydrogens is 496 g/mol. The number of para-hydroxylation sites is 1. The molecule has 0 bridgehead atoms. The summed E-state index contributed by atoms with van der Waals surface area (Å²) in [6.45, 7) is 7.62. The number of hydrogen-bond acceptors (Lipinski definition) is 4. The van der Waals surface area contributed by atoms with Crippen molar-refractivity contribution in [2.75, 3.05) is 0 Å². The van der Waals surface area contributed by atoms with Gasteiger partial charge in [-0.3, -0.25) is 10.3 Å². The van der Waals surface area contributed by atoms with Crippen LogP contribution in [0.3, 0.4) is 0 Å². The first-order chi connectivity index (χ1) is 19.2. The fraction of sp³-hybridized carbons (Fsp3) is 0.147. The van der Waals surface area contributed by atoms with Crippen LogP contribution in [-0.4, -0.2) is 11.3 Å². The van der Waals surface area contributed by atoms with Gasteiger partial charge in [0.15, 0.2) is 0 Å². The van der Waals surface area contributed by atoms with Gasteiger partial charge in [0, 0.05) is 28.2 Å². The molecule has 4 nitrogen and oxygen atoms in total. The van der Waals surface area contributed by atoms with E-state index in [1.54, 1.807) is 0 Å². The Hall–Kier alpha value is -4.03. The Kier molecular flexibility index (Phi) is 9.81. The van der Waals surface area contributed by atoms with Crippen LogP contribution in [0.15, 0.2) is 126 Å². The lowest BCUT2D eigenvalue weighted by Crippen LogP contribution is -2.31. The minimum atomic E-state index is -0.262. The van der Waals surface area contributed by atoms with Crippen molar-refractivity contribution in [2.24, 2.45) is 17.8 Å². The average molecular weight is 533 g/mol. The van der Waals surface area contributed by atoms with Gasteiger partial charge in [-0.1, -0.05) is 123 Å². The Labute approximate surface area is 235 Å². The van der Waals surface area contributed by atoms with Gasteiger partial charge in [-0.05, 0) is 35.5 Å². The normalized spacial score (nSPS) is 12.1. The fourth-order valence-electron chi connectivity index (χ4n) is 4.49. The third kappa shape index (κ3) is 6.52. The Balaban J connectivity index is 0.000000171. The van der Waals surface area contributed by atoms with Crippen molar-refractivity contribution in [3.63, 3.8) is 0 Å². The lowest BCUT2D eigenvalue weighted by Gasteiger charge is -2.20. The lowest BCUT2D eigenvalue weighted by molar-refractivity contribution is 0.468. The first-order valence-electron chi connectivity index (χ1n) is 13.3. The van der Waals surface area contributed by atoms with E-state index >= 15 is 0 Å². The summed E-state index contributed by atoms with van der Waals surface area (Å²) in [6.07, 6.45) is -0.455. The van der Waals surface area contributed by atoms with E-state index in [-0.39, 0.29) is 12.3 Å². The standard InChI is InChI=1S/C17H13NS.C15H17N3.C2H6/c1-18-15-10-6-5-9-13(15)14-11-16(19-17(14)18)12-7-3-2-4-8-12;1-17-15(13-10-6-3-7-11-13)18-14(16)12-8-4-2-5-9-12;1-2/h2-11H,1H3;2-11,14-15,18H,1,16H2;1-2H3. The second-order valence-electron chi connectivity index (χ2n) is 8.82. The molecule has 3 N–H and O–H groups in total. The Bertz CT molecular complexity index is 1590. The number of fused-ring (bicyclic) bond motifs is 3. The van der Waals surface area contributed by atoms with E-state index in [1.165, 1.54) is 31.6 Å². The second kappa shape index (κ2) is 13.7. The topological polar surface area (TPSA) is 55.3 Å². The number of nitrogens with zero attached hydrogens (tertiary/aromatic N) is 2. The van der Waals surface area contributed by atoms with E-state index in [1.807, 2.05) is 85.8 Å². The molecule has 0 amide bonds. The number of rotatable bonds is 6.